The molecule has 1 N–H and O–H groups in total. The summed E-state index contributed by atoms with van der Waals surface area (Å²) in [6.45, 7) is 3.93. The Morgan fingerprint density at radius 2 is 1.53 bits per heavy atom. The molecule has 2 aliphatic carbocycles. The summed E-state index contributed by atoms with van der Waals surface area (Å²) in [7, 11) is 0. The van der Waals surface area contributed by atoms with Crippen LogP contribution in [0.2, 0.25) is 0 Å². The van der Waals surface area contributed by atoms with E-state index in [1.807, 2.05) is 56.3 Å². The molecule has 8 heteroatoms. The molecule has 2 aromatic carbocycles. The Balaban J connectivity index is 1.48. The number of amides is 3. The van der Waals surface area contributed by atoms with E-state index >= 15 is 0 Å². The second kappa shape index (κ2) is 9.17. The van der Waals surface area contributed by atoms with Crippen LogP contribution in [0, 0.1) is 37.5 Å². The van der Waals surface area contributed by atoms with E-state index < -0.39 is 6.04 Å². The number of likely N-dealkylation sites (tertiary alicyclic amines) is 1. The van der Waals surface area contributed by atoms with E-state index in [0.717, 1.165) is 27.6 Å². The van der Waals surface area contributed by atoms with Crippen LogP contribution >= 0.6 is 47.8 Å². The van der Waals surface area contributed by atoms with Gasteiger partial charge in [-0.1, -0.05) is 78.1 Å². The number of carbonyl (C=O) groups excluding carboxylic acids is 3. The molecule has 178 valence electrons. The van der Waals surface area contributed by atoms with Crippen molar-refractivity contribution in [3.05, 3.63) is 63.6 Å². The molecule has 7 unspecified atom stereocenters. The zero-order valence-electron chi connectivity index (χ0n) is 18.8. The molecular formula is C26H25Br3N2O3. The lowest BCUT2D eigenvalue weighted by atomic mass is 9.81. The Labute approximate surface area is 224 Å². The van der Waals surface area contributed by atoms with Crippen molar-refractivity contribution in [3.8, 4) is 0 Å². The highest BCUT2D eigenvalue weighted by molar-refractivity contribution is 9.12. The van der Waals surface area contributed by atoms with E-state index in [0.29, 0.717) is 5.69 Å². The Morgan fingerprint density at radius 1 is 1.00 bits per heavy atom. The van der Waals surface area contributed by atoms with Gasteiger partial charge in [0.1, 0.15) is 6.04 Å². The number of nitrogens with zero attached hydrogens (tertiary/aromatic N) is 1. The van der Waals surface area contributed by atoms with Crippen LogP contribution in [-0.2, 0) is 20.8 Å². The van der Waals surface area contributed by atoms with Crippen LogP contribution in [0.1, 0.15) is 23.1 Å². The Kier molecular flexibility index (Phi) is 6.53. The molecule has 2 saturated carbocycles. The first-order valence-electron chi connectivity index (χ1n) is 11.5. The Bertz CT molecular complexity index is 1120. The number of hydrogen-bond acceptors (Lipinski definition) is 3. The maximum absolute atomic E-state index is 13.7. The second-order valence-corrected chi connectivity index (χ2v) is 12.6. The molecule has 5 nitrogen and oxygen atoms in total. The third-order valence-electron chi connectivity index (χ3n) is 7.61. The van der Waals surface area contributed by atoms with Gasteiger partial charge in [0.2, 0.25) is 17.7 Å². The number of alkyl halides is 2. The topological polar surface area (TPSA) is 66.5 Å². The molecule has 1 heterocycles. The fraction of sp³-hybridized carbons (Fsp3) is 0.423. The Hall–Kier alpha value is -1.51. The monoisotopic (exact) mass is 650 g/mol. The van der Waals surface area contributed by atoms with E-state index in [1.165, 1.54) is 4.90 Å². The molecule has 5 rings (SSSR count). The summed E-state index contributed by atoms with van der Waals surface area (Å²) in [5, 5.41) is 2.99. The lowest BCUT2D eigenvalue weighted by Crippen LogP contribution is -2.49. The smallest absolute Gasteiger partial charge is 0.248 e. The summed E-state index contributed by atoms with van der Waals surface area (Å²) in [5.41, 5.74) is 3.56. The van der Waals surface area contributed by atoms with Crippen LogP contribution in [0.15, 0.2) is 46.9 Å². The van der Waals surface area contributed by atoms with Gasteiger partial charge < -0.3 is 5.32 Å². The molecule has 1 saturated heterocycles. The highest BCUT2D eigenvalue weighted by atomic mass is 79.9. The van der Waals surface area contributed by atoms with E-state index in [4.69, 9.17) is 0 Å². The van der Waals surface area contributed by atoms with Gasteiger partial charge in [-0.05, 0) is 60.9 Å². The molecule has 7 atom stereocenters. The van der Waals surface area contributed by atoms with Crippen LogP contribution in [0.4, 0.5) is 5.69 Å². The normalized spacial score (nSPS) is 30.6. The summed E-state index contributed by atoms with van der Waals surface area (Å²) in [5.74, 6) is -1.23. The zero-order valence-corrected chi connectivity index (χ0v) is 23.6. The largest absolute Gasteiger partial charge is 0.324 e. The van der Waals surface area contributed by atoms with Gasteiger partial charge in [-0.15, -0.1) is 0 Å². The van der Waals surface area contributed by atoms with Crippen LogP contribution in [0.5, 0.6) is 0 Å². The predicted molar refractivity (Wildman–Crippen MR) is 142 cm³/mol. The predicted octanol–water partition coefficient (Wildman–Crippen LogP) is 5.39. The zero-order chi connectivity index (χ0) is 24.3. The van der Waals surface area contributed by atoms with E-state index in [2.05, 4.69) is 53.1 Å². The molecule has 0 radical (unpaired) electrons. The molecule has 0 spiro atoms. The van der Waals surface area contributed by atoms with Crippen LogP contribution in [0.3, 0.4) is 0 Å². The number of halogens is 3. The van der Waals surface area contributed by atoms with Crippen molar-refractivity contribution >= 4 is 71.2 Å². The molecule has 3 amide bonds. The van der Waals surface area contributed by atoms with Crippen LogP contribution in [0.25, 0.3) is 0 Å². The minimum absolute atomic E-state index is 0.109. The number of imide groups is 1. The number of carbonyl (C=O) groups is 3. The first kappa shape index (κ1) is 24.2. The molecule has 3 aliphatic rings. The average molecular weight is 653 g/mol. The summed E-state index contributed by atoms with van der Waals surface area (Å²) in [4.78, 5) is 42.6. The first-order chi connectivity index (χ1) is 16.2. The van der Waals surface area contributed by atoms with E-state index in [9.17, 15) is 14.4 Å². The van der Waals surface area contributed by atoms with Crippen LogP contribution < -0.4 is 5.32 Å². The fourth-order valence-corrected chi connectivity index (χ4v) is 8.16. The minimum atomic E-state index is -0.904. The summed E-state index contributed by atoms with van der Waals surface area (Å²) < 4.78 is 0.994. The third kappa shape index (κ3) is 3.90. The number of anilines is 1. The van der Waals surface area contributed by atoms with Crippen molar-refractivity contribution < 1.29 is 14.4 Å². The maximum Gasteiger partial charge on any atom is 0.248 e. The van der Waals surface area contributed by atoms with Crippen molar-refractivity contribution in [2.24, 2.45) is 23.7 Å². The van der Waals surface area contributed by atoms with Gasteiger partial charge in [0.05, 0.1) is 11.8 Å². The third-order valence-corrected chi connectivity index (χ3v) is 12.1. The lowest BCUT2D eigenvalue weighted by Gasteiger charge is -2.28. The summed E-state index contributed by atoms with van der Waals surface area (Å²) >= 11 is 11.0. The average Bonchev–Trinajstić information content (AvgIpc) is 3.41. The molecule has 34 heavy (non-hydrogen) atoms. The van der Waals surface area contributed by atoms with E-state index in [-0.39, 0.29) is 57.5 Å². The minimum Gasteiger partial charge on any atom is -0.324 e. The van der Waals surface area contributed by atoms with Crippen molar-refractivity contribution in [2.45, 2.75) is 42.4 Å². The molecule has 2 aromatic rings. The number of rotatable bonds is 5. The van der Waals surface area contributed by atoms with Crippen molar-refractivity contribution in [1.82, 2.24) is 4.90 Å². The SMILES string of the molecule is Cc1cc(NC(=O)C(Cc2ccccc2)N2C(=O)C3C4CC(C(Br)C4Br)C3C2=O)cc(C)c1Br. The number of hydrogen-bond donors (Lipinski definition) is 1. The molecular weight excluding hydrogens is 628 g/mol. The lowest BCUT2D eigenvalue weighted by molar-refractivity contribution is -0.147. The highest BCUT2D eigenvalue weighted by Crippen LogP contribution is 2.60. The van der Waals surface area contributed by atoms with Gasteiger partial charge in [-0.2, -0.15) is 0 Å². The second-order valence-electron chi connectivity index (χ2n) is 9.67. The summed E-state index contributed by atoms with van der Waals surface area (Å²) in [6, 6.07) is 12.4. The molecule has 3 fully saturated rings. The quantitative estimate of drug-likeness (QED) is 0.348. The van der Waals surface area contributed by atoms with Crippen molar-refractivity contribution in [1.29, 1.82) is 0 Å². The highest BCUT2D eigenvalue weighted by Gasteiger charge is 2.67. The van der Waals surface area contributed by atoms with Gasteiger partial charge >= 0.3 is 0 Å². The maximum atomic E-state index is 13.7. The Morgan fingerprint density at radius 3 is 2.06 bits per heavy atom. The van der Waals surface area contributed by atoms with Crippen LogP contribution in [-0.4, -0.2) is 38.3 Å². The fourth-order valence-electron chi connectivity index (χ4n) is 6.06. The van der Waals surface area contributed by atoms with Gasteiger partial charge in [-0.3, -0.25) is 19.3 Å². The number of fused-ring (bicyclic) bond motifs is 5. The van der Waals surface area contributed by atoms with E-state index in [1.54, 1.807) is 0 Å². The molecule has 0 aromatic heterocycles. The van der Waals surface area contributed by atoms with Gasteiger partial charge in [0.25, 0.3) is 0 Å². The summed E-state index contributed by atoms with van der Waals surface area (Å²) in [6.07, 6.45) is 1.14. The van der Waals surface area contributed by atoms with Crippen molar-refractivity contribution in [2.75, 3.05) is 5.32 Å². The first-order valence-corrected chi connectivity index (χ1v) is 14.1. The molecule has 2 bridgehead atoms. The van der Waals surface area contributed by atoms with Crippen molar-refractivity contribution in [3.63, 3.8) is 0 Å². The number of nitrogens with one attached hydrogen (secondary N) is 1. The van der Waals surface area contributed by atoms with Gasteiger partial charge in [-0.25, -0.2) is 0 Å². The van der Waals surface area contributed by atoms with Gasteiger partial charge in [0, 0.05) is 26.2 Å². The van der Waals surface area contributed by atoms with Gasteiger partial charge in [0.15, 0.2) is 0 Å². The molecule has 1 aliphatic heterocycles. The number of benzene rings is 2. The number of aryl methyl sites for hydroxylation is 2. The standard InChI is InChI=1S/C26H25Br3N2O3/c1-12-8-15(9-13(2)21(12)27)30-24(32)18(10-14-6-4-3-5-7-14)31-25(33)19-16-11-17(20(19)26(31)34)23(29)22(16)28/h3-9,16-20,22-23H,10-11H2,1-2H3,(H,30,32).